The van der Waals surface area contributed by atoms with Gasteiger partial charge in [-0.25, -0.2) is 8.78 Å². The molecule has 0 saturated heterocycles. The van der Waals surface area contributed by atoms with E-state index in [0.29, 0.717) is 6.07 Å². The molecule has 1 amide bonds. The van der Waals surface area contributed by atoms with Crippen LogP contribution in [-0.4, -0.2) is 17.4 Å². The van der Waals surface area contributed by atoms with E-state index < -0.39 is 29.1 Å². The summed E-state index contributed by atoms with van der Waals surface area (Å²) in [6.07, 6.45) is 0. The molecule has 0 saturated carbocycles. The maximum absolute atomic E-state index is 13.3. The van der Waals surface area contributed by atoms with Crippen LogP contribution in [-0.2, 0) is 4.79 Å². The van der Waals surface area contributed by atoms with E-state index in [1.54, 1.807) is 0 Å². The lowest BCUT2D eigenvalue weighted by atomic mass is 10.3. The van der Waals surface area contributed by atoms with E-state index in [1.807, 2.05) is 0 Å². The van der Waals surface area contributed by atoms with Crippen molar-refractivity contribution in [3.05, 3.63) is 63.2 Å². The van der Waals surface area contributed by atoms with Crippen LogP contribution in [0.25, 0.3) is 0 Å². The van der Waals surface area contributed by atoms with Gasteiger partial charge in [0.25, 0.3) is 11.6 Å². The molecule has 0 aliphatic carbocycles. The third-order valence-corrected chi connectivity index (χ3v) is 3.00. The Balaban J connectivity index is 2.00. The average Bonchev–Trinajstić information content (AvgIpc) is 2.48. The monoisotopic (exact) mass is 342 g/mol. The zero-order valence-corrected chi connectivity index (χ0v) is 12.1. The van der Waals surface area contributed by atoms with Crippen LogP contribution in [0.15, 0.2) is 36.4 Å². The SMILES string of the molecule is O=C(COc1ccc(F)cc1F)Nc1ccc(Cl)c([N+](=O)[O-])c1. The molecule has 6 nitrogen and oxygen atoms in total. The molecule has 0 aliphatic rings. The molecule has 2 aromatic rings. The third-order valence-electron chi connectivity index (χ3n) is 2.68. The lowest BCUT2D eigenvalue weighted by Gasteiger charge is -2.08. The fourth-order valence-corrected chi connectivity index (χ4v) is 1.85. The number of hydrogen-bond donors (Lipinski definition) is 1. The lowest BCUT2D eigenvalue weighted by Crippen LogP contribution is -2.20. The van der Waals surface area contributed by atoms with Crippen LogP contribution in [0, 0.1) is 21.7 Å². The molecule has 1 N–H and O–H groups in total. The summed E-state index contributed by atoms with van der Waals surface area (Å²) in [5.41, 5.74) is -0.232. The number of benzene rings is 2. The van der Waals surface area contributed by atoms with Crippen molar-refractivity contribution in [2.75, 3.05) is 11.9 Å². The number of nitrogens with one attached hydrogen (secondary N) is 1. The molecule has 0 spiro atoms. The van der Waals surface area contributed by atoms with Crippen molar-refractivity contribution in [1.29, 1.82) is 0 Å². The predicted octanol–water partition coefficient (Wildman–Crippen LogP) is 3.54. The second-order valence-corrected chi connectivity index (χ2v) is 4.74. The molecule has 0 heterocycles. The number of nitrogens with zero attached hydrogens (tertiary/aromatic N) is 1. The maximum Gasteiger partial charge on any atom is 0.289 e. The van der Waals surface area contributed by atoms with Crippen LogP contribution in [0.5, 0.6) is 5.75 Å². The first-order valence-electron chi connectivity index (χ1n) is 6.18. The van der Waals surface area contributed by atoms with Gasteiger partial charge in [-0.3, -0.25) is 14.9 Å². The maximum atomic E-state index is 13.3. The highest BCUT2D eigenvalue weighted by atomic mass is 35.5. The van der Waals surface area contributed by atoms with Crippen molar-refractivity contribution >= 4 is 28.9 Å². The molecule has 0 atom stereocenters. The van der Waals surface area contributed by atoms with E-state index in [2.05, 4.69) is 5.32 Å². The number of ether oxygens (including phenoxy) is 1. The van der Waals surface area contributed by atoms with Gasteiger partial charge >= 0.3 is 0 Å². The van der Waals surface area contributed by atoms with Gasteiger partial charge in [0, 0.05) is 17.8 Å². The Hall–Kier alpha value is -2.74. The molecule has 9 heteroatoms. The van der Waals surface area contributed by atoms with Crippen molar-refractivity contribution < 1.29 is 23.2 Å². The zero-order valence-electron chi connectivity index (χ0n) is 11.4. The predicted molar refractivity (Wildman–Crippen MR) is 78.6 cm³/mol. The number of amides is 1. The molecular formula is C14H9ClF2N2O4. The normalized spacial score (nSPS) is 10.2. The van der Waals surface area contributed by atoms with Crippen molar-refractivity contribution in [3.63, 3.8) is 0 Å². The zero-order chi connectivity index (χ0) is 17.0. The van der Waals surface area contributed by atoms with Gasteiger partial charge in [-0.05, 0) is 24.3 Å². The first kappa shape index (κ1) is 16.6. The van der Waals surface area contributed by atoms with Crippen LogP contribution in [0.2, 0.25) is 5.02 Å². The van der Waals surface area contributed by atoms with Crippen molar-refractivity contribution in [1.82, 2.24) is 0 Å². The van der Waals surface area contributed by atoms with Gasteiger partial charge in [-0.1, -0.05) is 11.6 Å². The van der Waals surface area contributed by atoms with Gasteiger partial charge < -0.3 is 10.1 Å². The summed E-state index contributed by atoms with van der Waals surface area (Å²) >= 11 is 5.65. The number of hydrogen-bond acceptors (Lipinski definition) is 4. The largest absolute Gasteiger partial charge is 0.481 e. The molecular weight excluding hydrogens is 334 g/mol. The molecule has 0 bridgehead atoms. The highest BCUT2D eigenvalue weighted by Gasteiger charge is 2.14. The van der Waals surface area contributed by atoms with Crippen LogP contribution >= 0.6 is 11.6 Å². The highest BCUT2D eigenvalue weighted by molar-refractivity contribution is 6.32. The van der Waals surface area contributed by atoms with E-state index in [0.717, 1.165) is 18.2 Å². The summed E-state index contributed by atoms with van der Waals surface area (Å²) in [5, 5.41) is 13.0. The van der Waals surface area contributed by atoms with Crippen LogP contribution in [0.3, 0.4) is 0 Å². The molecule has 2 aromatic carbocycles. The molecule has 2 rings (SSSR count). The van der Waals surface area contributed by atoms with Gasteiger partial charge in [-0.2, -0.15) is 0 Å². The Kier molecular flexibility index (Phi) is 5.07. The van der Waals surface area contributed by atoms with Crippen molar-refractivity contribution in [3.8, 4) is 5.75 Å². The van der Waals surface area contributed by atoms with Crippen LogP contribution in [0.1, 0.15) is 0 Å². The minimum Gasteiger partial charge on any atom is -0.481 e. The molecule has 0 unspecified atom stereocenters. The van der Waals surface area contributed by atoms with Crippen molar-refractivity contribution in [2.24, 2.45) is 0 Å². The summed E-state index contributed by atoms with van der Waals surface area (Å²) < 4.78 is 31.0. The Bertz CT molecular complexity index is 770. The fourth-order valence-electron chi connectivity index (χ4n) is 1.66. The topological polar surface area (TPSA) is 81.5 Å². The summed E-state index contributed by atoms with van der Waals surface area (Å²) in [4.78, 5) is 21.7. The third kappa shape index (κ3) is 4.36. The van der Waals surface area contributed by atoms with Crippen LogP contribution in [0.4, 0.5) is 20.2 Å². The molecule has 0 radical (unpaired) electrons. The molecule has 0 aliphatic heterocycles. The van der Waals surface area contributed by atoms with Gasteiger partial charge in [0.2, 0.25) is 0 Å². The molecule has 120 valence electrons. The van der Waals surface area contributed by atoms with Gasteiger partial charge in [0.1, 0.15) is 10.8 Å². The number of anilines is 1. The Morgan fingerprint density at radius 2 is 2.00 bits per heavy atom. The van der Waals surface area contributed by atoms with E-state index in [4.69, 9.17) is 16.3 Å². The molecule has 23 heavy (non-hydrogen) atoms. The summed E-state index contributed by atoms with van der Waals surface area (Å²) in [6, 6.07) is 6.36. The smallest absolute Gasteiger partial charge is 0.289 e. The van der Waals surface area contributed by atoms with E-state index in [9.17, 15) is 23.7 Å². The molecule has 0 fully saturated rings. The van der Waals surface area contributed by atoms with Gasteiger partial charge in [0.15, 0.2) is 18.2 Å². The van der Waals surface area contributed by atoms with E-state index >= 15 is 0 Å². The van der Waals surface area contributed by atoms with Gasteiger partial charge in [0.05, 0.1) is 4.92 Å². The number of nitro groups is 1. The fraction of sp³-hybridized carbons (Fsp3) is 0.0714. The number of halogens is 3. The second-order valence-electron chi connectivity index (χ2n) is 4.33. The Morgan fingerprint density at radius 3 is 2.65 bits per heavy atom. The Labute approximate surface area is 133 Å². The quantitative estimate of drug-likeness (QED) is 0.665. The first-order valence-corrected chi connectivity index (χ1v) is 6.56. The number of nitro benzene ring substituents is 1. The van der Waals surface area contributed by atoms with Gasteiger partial charge in [-0.15, -0.1) is 0 Å². The summed E-state index contributed by atoms with van der Waals surface area (Å²) in [7, 11) is 0. The number of carbonyl (C=O) groups excluding carboxylic acids is 1. The standard InChI is InChI=1S/C14H9ClF2N2O4/c15-10-3-2-9(6-12(10)19(21)22)18-14(20)7-23-13-4-1-8(16)5-11(13)17/h1-6H,7H2,(H,18,20). The number of carbonyl (C=O) groups is 1. The summed E-state index contributed by atoms with van der Waals surface area (Å²) in [6.45, 7) is -0.557. The number of rotatable bonds is 5. The minimum absolute atomic E-state index is 0.0716. The Morgan fingerprint density at radius 1 is 1.26 bits per heavy atom. The highest BCUT2D eigenvalue weighted by Crippen LogP contribution is 2.27. The van der Waals surface area contributed by atoms with Crippen molar-refractivity contribution in [2.45, 2.75) is 0 Å². The van der Waals surface area contributed by atoms with Crippen LogP contribution < -0.4 is 10.1 Å². The summed E-state index contributed by atoms with van der Waals surface area (Å²) in [5.74, 6) is -2.68. The second kappa shape index (κ2) is 7.01. The van der Waals surface area contributed by atoms with E-state index in [-0.39, 0.29) is 22.1 Å². The first-order chi connectivity index (χ1) is 10.9. The molecule has 0 aromatic heterocycles. The van der Waals surface area contributed by atoms with E-state index in [1.165, 1.54) is 12.1 Å². The average molecular weight is 343 g/mol. The minimum atomic E-state index is -0.945. The lowest BCUT2D eigenvalue weighted by molar-refractivity contribution is -0.384.